The summed E-state index contributed by atoms with van der Waals surface area (Å²) in [4.78, 5) is 46.2. The maximum Gasteiger partial charge on any atom is 0.349 e. The van der Waals surface area contributed by atoms with E-state index in [1.165, 1.54) is 11.0 Å². The van der Waals surface area contributed by atoms with E-state index in [0.717, 1.165) is 29.4 Å². The van der Waals surface area contributed by atoms with Gasteiger partial charge in [0.05, 0.1) is 30.1 Å². The molecule has 0 amide bonds. The number of aromatic amines is 2. The summed E-state index contributed by atoms with van der Waals surface area (Å²) in [5, 5.41) is 6.50. The summed E-state index contributed by atoms with van der Waals surface area (Å²) in [6, 6.07) is 7.74. The average molecular weight is 501 g/mol. The van der Waals surface area contributed by atoms with Crippen molar-refractivity contribution in [2.75, 3.05) is 18.1 Å². The van der Waals surface area contributed by atoms with Crippen molar-refractivity contribution in [2.24, 2.45) is 0 Å². The molecule has 2 atom stereocenters. The molecule has 37 heavy (non-hydrogen) atoms. The maximum absolute atomic E-state index is 13.5. The number of para-hydroxylation sites is 1. The first kappa shape index (κ1) is 24.7. The number of hydrogen-bond acceptors (Lipinski definition) is 7. The first-order valence-electron chi connectivity index (χ1n) is 12.7. The fraction of sp³-hybridized carbons (Fsp3) is 0.444. The lowest BCUT2D eigenvalue weighted by atomic mass is 9.81. The second kappa shape index (κ2) is 9.82. The van der Waals surface area contributed by atoms with Crippen molar-refractivity contribution in [3.63, 3.8) is 0 Å². The molecule has 1 saturated heterocycles. The molecular formula is C27H32N8O2. The van der Waals surface area contributed by atoms with Crippen LogP contribution in [0, 0.1) is 11.8 Å². The molecule has 1 aliphatic heterocycles. The fourth-order valence-electron chi connectivity index (χ4n) is 5.36. The third kappa shape index (κ3) is 4.51. The molecule has 3 aromatic heterocycles. The Labute approximate surface area is 214 Å². The van der Waals surface area contributed by atoms with E-state index >= 15 is 0 Å². The van der Waals surface area contributed by atoms with Crippen molar-refractivity contribution in [1.82, 2.24) is 34.9 Å². The highest BCUT2D eigenvalue weighted by molar-refractivity contribution is 5.81. The predicted molar refractivity (Wildman–Crippen MR) is 144 cm³/mol. The number of H-pyrrole nitrogens is 2. The SMILES string of the molecule is CC#CCNC1(C)CCCN(n2c(=O)[nH]c3nc[nH]c3c2=O)C1Cc1nc(C(C)C)c2ccccc2n1. The minimum Gasteiger partial charge on any atom is -0.339 e. The molecule has 2 unspecified atom stereocenters. The molecule has 1 aliphatic rings. The largest absolute Gasteiger partial charge is 0.349 e. The Kier molecular flexibility index (Phi) is 6.56. The van der Waals surface area contributed by atoms with E-state index in [1.54, 1.807) is 0 Å². The Morgan fingerprint density at radius 2 is 2.05 bits per heavy atom. The summed E-state index contributed by atoms with van der Waals surface area (Å²) >= 11 is 0. The van der Waals surface area contributed by atoms with Gasteiger partial charge in [-0.2, -0.15) is 4.68 Å². The topological polar surface area (TPSA) is 125 Å². The molecule has 192 valence electrons. The van der Waals surface area contributed by atoms with Crippen LogP contribution in [0.25, 0.3) is 22.1 Å². The summed E-state index contributed by atoms with van der Waals surface area (Å²) in [5.74, 6) is 6.92. The van der Waals surface area contributed by atoms with Crippen molar-refractivity contribution in [3.8, 4) is 11.8 Å². The van der Waals surface area contributed by atoms with Gasteiger partial charge in [-0.05, 0) is 38.7 Å². The van der Waals surface area contributed by atoms with Crippen molar-refractivity contribution < 1.29 is 0 Å². The van der Waals surface area contributed by atoms with Crippen LogP contribution in [0.2, 0.25) is 0 Å². The molecule has 1 fully saturated rings. The monoisotopic (exact) mass is 500 g/mol. The van der Waals surface area contributed by atoms with Crippen molar-refractivity contribution in [3.05, 3.63) is 62.9 Å². The zero-order valence-corrected chi connectivity index (χ0v) is 21.6. The first-order valence-corrected chi connectivity index (χ1v) is 12.7. The van der Waals surface area contributed by atoms with Gasteiger partial charge in [-0.15, -0.1) is 5.92 Å². The minimum absolute atomic E-state index is 0.215. The molecule has 0 bridgehead atoms. The molecule has 3 N–H and O–H groups in total. The quantitative estimate of drug-likeness (QED) is 0.347. The van der Waals surface area contributed by atoms with E-state index < -0.39 is 16.8 Å². The van der Waals surface area contributed by atoms with Gasteiger partial charge in [0.1, 0.15) is 5.82 Å². The average Bonchev–Trinajstić information content (AvgIpc) is 3.34. The summed E-state index contributed by atoms with van der Waals surface area (Å²) < 4.78 is 1.21. The van der Waals surface area contributed by atoms with Crippen LogP contribution < -0.4 is 21.6 Å². The summed E-state index contributed by atoms with van der Waals surface area (Å²) in [7, 11) is 0. The van der Waals surface area contributed by atoms with E-state index in [2.05, 4.69) is 58.9 Å². The highest BCUT2D eigenvalue weighted by atomic mass is 16.2. The molecule has 0 aliphatic carbocycles. The van der Waals surface area contributed by atoms with Crippen LogP contribution >= 0.6 is 0 Å². The van der Waals surface area contributed by atoms with Crippen LogP contribution in [-0.2, 0) is 6.42 Å². The van der Waals surface area contributed by atoms with Gasteiger partial charge in [-0.25, -0.2) is 19.7 Å². The van der Waals surface area contributed by atoms with E-state index in [4.69, 9.17) is 9.97 Å². The van der Waals surface area contributed by atoms with E-state index in [1.807, 2.05) is 30.1 Å². The third-order valence-electron chi connectivity index (χ3n) is 7.26. The number of nitrogens with one attached hydrogen (secondary N) is 3. The number of rotatable bonds is 6. The van der Waals surface area contributed by atoms with Gasteiger partial charge < -0.3 is 9.99 Å². The van der Waals surface area contributed by atoms with Crippen LogP contribution in [0.4, 0.5) is 0 Å². The van der Waals surface area contributed by atoms with Crippen LogP contribution in [0.1, 0.15) is 58.0 Å². The molecule has 10 nitrogen and oxygen atoms in total. The molecule has 0 spiro atoms. The normalized spacial score (nSPS) is 19.9. The van der Waals surface area contributed by atoms with E-state index in [-0.39, 0.29) is 23.1 Å². The molecule has 1 aromatic carbocycles. The highest BCUT2D eigenvalue weighted by Crippen LogP contribution is 2.30. The van der Waals surface area contributed by atoms with Crippen LogP contribution in [0.5, 0.6) is 0 Å². The number of aromatic nitrogens is 6. The zero-order chi connectivity index (χ0) is 26.2. The van der Waals surface area contributed by atoms with Gasteiger partial charge >= 0.3 is 11.2 Å². The molecule has 0 saturated carbocycles. The first-order chi connectivity index (χ1) is 17.8. The Morgan fingerprint density at radius 1 is 1.24 bits per heavy atom. The predicted octanol–water partition coefficient (Wildman–Crippen LogP) is 2.19. The fourth-order valence-corrected chi connectivity index (χ4v) is 5.36. The summed E-state index contributed by atoms with van der Waals surface area (Å²) in [5.41, 5.74) is 0.986. The smallest absolute Gasteiger partial charge is 0.339 e. The van der Waals surface area contributed by atoms with Crippen molar-refractivity contribution in [2.45, 2.75) is 64.5 Å². The van der Waals surface area contributed by atoms with Crippen LogP contribution in [0.15, 0.2) is 40.2 Å². The number of piperidine rings is 1. The van der Waals surface area contributed by atoms with Crippen molar-refractivity contribution in [1.29, 1.82) is 0 Å². The number of hydrogen-bond donors (Lipinski definition) is 3. The second-order valence-corrected chi connectivity index (χ2v) is 10.1. The third-order valence-corrected chi connectivity index (χ3v) is 7.26. The Balaban J connectivity index is 1.64. The molecule has 4 heterocycles. The van der Waals surface area contributed by atoms with Gasteiger partial charge in [0.2, 0.25) is 0 Å². The lowest BCUT2D eigenvalue weighted by Gasteiger charge is -2.49. The van der Waals surface area contributed by atoms with Crippen molar-refractivity contribution >= 4 is 22.1 Å². The molecule has 5 rings (SSSR count). The lowest BCUT2D eigenvalue weighted by molar-refractivity contribution is 0.197. The van der Waals surface area contributed by atoms with Gasteiger partial charge in [0.15, 0.2) is 11.2 Å². The van der Waals surface area contributed by atoms with Gasteiger partial charge in [0.25, 0.3) is 0 Å². The molecule has 4 aromatic rings. The molecular weight excluding hydrogens is 468 g/mol. The van der Waals surface area contributed by atoms with Gasteiger partial charge in [0, 0.05) is 23.9 Å². The zero-order valence-electron chi connectivity index (χ0n) is 21.6. The number of nitrogens with zero attached hydrogens (tertiary/aromatic N) is 5. The Bertz CT molecular complexity index is 1620. The standard InChI is InChI=1S/C27H32N8O2/c1-5-6-13-30-27(4)12-9-14-34(35-25(36)23-24(29-16-28-23)33-26(35)37)20(27)15-21-31-19-11-8-7-10-18(19)22(32-21)17(2)3/h7-8,10-11,16-17,20,30H,9,12-15H2,1-4H3,(H,28,29)(H,33,37). The van der Waals surface area contributed by atoms with E-state index in [9.17, 15) is 9.59 Å². The Morgan fingerprint density at radius 3 is 2.84 bits per heavy atom. The second-order valence-electron chi connectivity index (χ2n) is 10.1. The number of imidazole rings is 1. The van der Waals surface area contributed by atoms with Gasteiger partial charge in [-0.1, -0.05) is 38.0 Å². The summed E-state index contributed by atoms with van der Waals surface area (Å²) in [6.07, 6.45) is 3.50. The highest BCUT2D eigenvalue weighted by Gasteiger charge is 2.43. The molecule has 10 heteroatoms. The minimum atomic E-state index is -0.519. The summed E-state index contributed by atoms with van der Waals surface area (Å²) in [6.45, 7) is 9.22. The maximum atomic E-state index is 13.5. The molecule has 0 radical (unpaired) electrons. The number of benzene rings is 1. The number of fused-ring (bicyclic) bond motifs is 2. The van der Waals surface area contributed by atoms with E-state index in [0.29, 0.717) is 25.3 Å². The Hall–Kier alpha value is -3.97. The van der Waals surface area contributed by atoms with Gasteiger partial charge in [-0.3, -0.25) is 15.1 Å². The lowest BCUT2D eigenvalue weighted by Crippen LogP contribution is -2.69. The van der Waals surface area contributed by atoms with Crippen LogP contribution in [-0.4, -0.2) is 54.3 Å². The van der Waals surface area contributed by atoms with Crippen LogP contribution in [0.3, 0.4) is 0 Å².